The Labute approximate surface area is 500 Å². The molecule has 0 aromatic carbocycles. The molecule has 5 unspecified atom stereocenters. The van der Waals surface area contributed by atoms with Crippen molar-refractivity contribution in [2.75, 3.05) is 39.6 Å². The Kier molecular flexibility index (Phi) is 55.9. The third kappa shape index (κ3) is 59.7. The summed E-state index contributed by atoms with van der Waals surface area (Å²) in [5, 5.41) is 20.5. The van der Waals surface area contributed by atoms with E-state index in [1.54, 1.807) is 0 Å². The minimum Gasteiger partial charge on any atom is -0.463 e. The molecule has 16 nitrogen and oxygen atoms in total. The highest BCUT2D eigenvalue weighted by Crippen LogP contribution is 2.45. The summed E-state index contributed by atoms with van der Waals surface area (Å²) in [6.45, 7) is 2.36. The van der Waals surface area contributed by atoms with Gasteiger partial charge in [-0.2, -0.15) is 0 Å². The van der Waals surface area contributed by atoms with E-state index in [0.717, 1.165) is 116 Å². The van der Waals surface area contributed by atoms with Gasteiger partial charge in [-0.15, -0.1) is 0 Å². The van der Waals surface area contributed by atoms with Crippen molar-refractivity contribution in [1.29, 1.82) is 0 Å². The molecule has 0 aromatic heterocycles. The number of rotatable bonds is 58. The van der Waals surface area contributed by atoms with E-state index in [4.69, 9.17) is 32.3 Å². The molecule has 476 valence electrons. The molecule has 0 radical (unpaired) electrons. The molecule has 0 saturated carbocycles. The molecule has 0 amide bonds. The third-order valence-corrected chi connectivity index (χ3v) is 14.4. The molecule has 0 aliphatic heterocycles. The van der Waals surface area contributed by atoms with Crippen LogP contribution in [0.1, 0.15) is 226 Å². The lowest BCUT2D eigenvalue weighted by molar-refractivity contribution is -0.161. The van der Waals surface area contributed by atoms with Gasteiger partial charge < -0.3 is 34.2 Å². The van der Waals surface area contributed by atoms with Crippen LogP contribution in [0.15, 0.2) is 109 Å². The molecule has 83 heavy (non-hydrogen) atoms. The van der Waals surface area contributed by atoms with E-state index in [9.17, 15) is 43.5 Å². The number of carbonyl (C=O) groups excluding carboxylic acids is 3. The van der Waals surface area contributed by atoms with Gasteiger partial charge in [0.15, 0.2) is 6.10 Å². The minimum absolute atomic E-state index is 0.0577. The Bertz CT molecular complexity index is 1960. The van der Waals surface area contributed by atoms with Gasteiger partial charge in [-0.05, 0) is 116 Å². The van der Waals surface area contributed by atoms with Crippen LogP contribution in [0, 0.1) is 0 Å². The normalized spacial score (nSPS) is 15.1. The van der Waals surface area contributed by atoms with Crippen molar-refractivity contribution in [3.05, 3.63) is 109 Å². The van der Waals surface area contributed by atoms with Crippen LogP contribution in [-0.2, 0) is 55.8 Å². The zero-order valence-corrected chi connectivity index (χ0v) is 52.9. The Morgan fingerprint density at radius 3 is 1.12 bits per heavy atom. The fourth-order valence-electron chi connectivity index (χ4n) is 7.68. The fourth-order valence-corrected chi connectivity index (χ4v) is 9.26. The molecule has 0 heterocycles. The van der Waals surface area contributed by atoms with Crippen molar-refractivity contribution in [2.45, 2.75) is 245 Å². The van der Waals surface area contributed by atoms with Crippen LogP contribution >= 0.6 is 15.6 Å². The van der Waals surface area contributed by atoms with E-state index in [0.29, 0.717) is 25.7 Å². The molecule has 4 N–H and O–H groups in total. The number of aliphatic hydroxyl groups is 2. The second-order valence-corrected chi connectivity index (χ2v) is 23.4. The zero-order chi connectivity index (χ0) is 61.0. The summed E-state index contributed by atoms with van der Waals surface area (Å²) in [5.74, 6) is -1.69. The number of hydrogen-bond donors (Lipinski definition) is 4. The van der Waals surface area contributed by atoms with Crippen LogP contribution in [0.5, 0.6) is 0 Å². The van der Waals surface area contributed by atoms with Crippen LogP contribution < -0.4 is 0 Å². The number of hydrogen-bond acceptors (Lipinski definition) is 14. The van der Waals surface area contributed by atoms with Gasteiger partial charge in [-0.1, -0.05) is 201 Å². The highest BCUT2D eigenvalue weighted by Gasteiger charge is 2.29. The number of esters is 3. The van der Waals surface area contributed by atoms with Crippen LogP contribution in [0.4, 0.5) is 0 Å². The molecule has 0 saturated heterocycles. The van der Waals surface area contributed by atoms with Gasteiger partial charge in [0, 0.05) is 19.3 Å². The van der Waals surface area contributed by atoms with Crippen molar-refractivity contribution in [3.63, 3.8) is 0 Å². The van der Waals surface area contributed by atoms with Crippen molar-refractivity contribution < 1.29 is 75.8 Å². The molecule has 18 heteroatoms. The molecule has 0 fully saturated rings. The molecule has 0 aliphatic carbocycles. The molecule has 0 aromatic rings. The Balaban J connectivity index is 4.74. The average Bonchev–Trinajstić information content (AvgIpc) is 3.46. The molecule has 0 aliphatic rings. The first kappa shape index (κ1) is 79.2. The number of aliphatic hydroxyl groups excluding tert-OH is 2. The summed E-state index contributed by atoms with van der Waals surface area (Å²) in [6.07, 6.45) is 63.1. The first-order valence-electron chi connectivity index (χ1n) is 31.2. The number of unbranched alkanes of at least 4 members (excludes halogenated alkanes) is 17. The largest absolute Gasteiger partial charge is 0.472 e. The highest BCUT2D eigenvalue weighted by molar-refractivity contribution is 7.47. The molecular weight excluding hydrogens is 1100 g/mol. The van der Waals surface area contributed by atoms with E-state index in [-0.39, 0.29) is 19.3 Å². The van der Waals surface area contributed by atoms with Crippen LogP contribution in [0.2, 0.25) is 0 Å². The second-order valence-electron chi connectivity index (χ2n) is 20.5. The van der Waals surface area contributed by atoms with Gasteiger partial charge in [0.2, 0.25) is 0 Å². The van der Waals surface area contributed by atoms with Gasteiger partial charge in [0.25, 0.3) is 0 Å². The van der Waals surface area contributed by atoms with Gasteiger partial charge in [0.1, 0.15) is 25.4 Å². The van der Waals surface area contributed by atoms with E-state index in [1.165, 1.54) is 44.9 Å². The van der Waals surface area contributed by atoms with Gasteiger partial charge in [-0.3, -0.25) is 32.5 Å². The summed E-state index contributed by atoms with van der Waals surface area (Å²) < 4.78 is 60.6. The Morgan fingerprint density at radius 2 is 0.663 bits per heavy atom. The summed E-state index contributed by atoms with van der Waals surface area (Å²) in [4.78, 5) is 58.1. The van der Waals surface area contributed by atoms with Gasteiger partial charge >= 0.3 is 33.6 Å². The van der Waals surface area contributed by atoms with Crippen LogP contribution in [0.25, 0.3) is 0 Å². The standard InChI is InChI=1S/C65H110O16P2/c1-4-7-10-13-16-19-22-25-27-28-29-30-32-35-36-39-42-45-48-51-63(68)75-54-60(66)55-77-82(71,72)78-56-61(67)57-79-83(73,74)80-59-62(81-65(70)53-50-47-44-41-38-33-24-21-18-15-12-9-6-3)58-76-64(69)52-49-46-43-40-37-34-31-26-23-20-17-14-11-8-5-2/h7,10,16-17,19-21,24-27,29-31,35-36,42,45,60-62,66-67H,4-6,8-9,11-15,18,22-23,28,32-34,37-41,43-44,46-59H2,1-3H3,(H,71,72)(H,73,74)/b10-7-,19-16-,20-17-,24-21-,27-25-,30-29-,31-26-,36-35-,45-42-. The smallest absolute Gasteiger partial charge is 0.463 e. The van der Waals surface area contributed by atoms with E-state index in [2.05, 4.69) is 112 Å². The van der Waals surface area contributed by atoms with Gasteiger partial charge in [0.05, 0.1) is 26.4 Å². The Hall–Kier alpha value is -3.79. The average molecular weight is 1210 g/mol. The van der Waals surface area contributed by atoms with Crippen molar-refractivity contribution >= 4 is 33.6 Å². The van der Waals surface area contributed by atoms with Crippen molar-refractivity contribution in [3.8, 4) is 0 Å². The summed E-state index contributed by atoms with van der Waals surface area (Å²) in [7, 11) is -9.79. The lowest BCUT2D eigenvalue weighted by Gasteiger charge is -2.21. The van der Waals surface area contributed by atoms with E-state index >= 15 is 0 Å². The fraction of sp³-hybridized carbons (Fsp3) is 0.677. The summed E-state index contributed by atoms with van der Waals surface area (Å²) in [6, 6.07) is 0. The highest BCUT2D eigenvalue weighted by atomic mass is 31.2. The maximum Gasteiger partial charge on any atom is 0.472 e. The molecule has 0 bridgehead atoms. The second kappa shape index (κ2) is 58.6. The summed E-state index contributed by atoms with van der Waals surface area (Å²) >= 11 is 0. The van der Waals surface area contributed by atoms with Crippen molar-refractivity contribution in [2.24, 2.45) is 0 Å². The van der Waals surface area contributed by atoms with Crippen LogP contribution in [-0.4, -0.2) is 95.9 Å². The topological polar surface area (TPSA) is 231 Å². The van der Waals surface area contributed by atoms with E-state index < -0.39 is 91.5 Å². The Morgan fingerprint density at radius 1 is 0.349 bits per heavy atom. The van der Waals surface area contributed by atoms with Gasteiger partial charge in [-0.25, -0.2) is 9.13 Å². The first-order valence-corrected chi connectivity index (χ1v) is 34.2. The predicted octanol–water partition coefficient (Wildman–Crippen LogP) is 16.5. The predicted molar refractivity (Wildman–Crippen MR) is 334 cm³/mol. The first-order chi connectivity index (χ1) is 40.2. The number of ether oxygens (including phenoxy) is 3. The minimum atomic E-state index is -4.93. The van der Waals surface area contributed by atoms with Crippen LogP contribution in [0.3, 0.4) is 0 Å². The number of allylic oxidation sites excluding steroid dienone is 18. The molecule has 5 atom stereocenters. The molecule has 0 rings (SSSR count). The number of carbonyl (C=O) groups is 3. The summed E-state index contributed by atoms with van der Waals surface area (Å²) in [5.41, 5.74) is 0. The van der Waals surface area contributed by atoms with Crippen molar-refractivity contribution in [1.82, 2.24) is 0 Å². The quantitative estimate of drug-likeness (QED) is 0.0146. The molecule has 0 spiro atoms. The number of phosphoric acid groups is 2. The molecular formula is C65H110O16P2. The maximum absolute atomic E-state index is 12.9. The zero-order valence-electron chi connectivity index (χ0n) is 51.1. The SMILES string of the molecule is CC/C=C\C/C=C\C/C=C\C/C=C\C/C=C\C/C=C\CCC(=O)OCC(O)COP(=O)(O)OCC(O)COP(=O)(O)OCC(COC(=O)CCCCCCC/C=C\C/C=C\CCCCC)OC(=O)CCCCCCC/C=C\CCCCCC. The maximum atomic E-state index is 12.9. The lowest BCUT2D eigenvalue weighted by atomic mass is 10.1. The monoisotopic (exact) mass is 1210 g/mol. The number of phosphoric ester groups is 2. The third-order valence-electron chi connectivity index (χ3n) is 12.5. The lowest BCUT2D eigenvalue weighted by Crippen LogP contribution is -2.30. The van der Waals surface area contributed by atoms with E-state index in [1.807, 2.05) is 18.2 Å².